The van der Waals surface area contributed by atoms with Crippen molar-refractivity contribution in [3.63, 3.8) is 0 Å². The summed E-state index contributed by atoms with van der Waals surface area (Å²) in [6, 6.07) is 23.4. The van der Waals surface area contributed by atoms with Crippen LogP contribution in [0.5, 0.6) is 0 Å². The minimum atomic E-state index is -3.66. The number of carbonyl (C=O) groups is 1. The van der Waals surface area contributed by atoms with Gasteiger partial charge in [-0.15, -0.1) is 0 Å². The molecule has 3 rings (SSSR count). The average Bonchev–Trinajstić information content (AvgIpc) is 2.77. The molecule has 2 N–H and O–H groups in total. The quantitative estimate of drug-likeness (QED) is 0.559. The lowest BCUT2D eigenvalue weighted by Gasteiger charge is -2.13. The maximum Gasteiger partial charge on any atom is 0.255 e. The summed E-state index contributed by atoms with van der Waals surface area (Å²) in [6.07, 6.45) is 1.52. The zero-order chi connectivity index (χ0) is 22.3. The Morgan fingerprint density at radius 2 is 1.55 bits per heavy atom. The van der Waals surface area contributed by atoms with Crippen molar-refractivity contribution >= 4 is 33.4 Å². The maximum absolute atomic E-state index is 12.4. The van der Waals surface area contributed by atoms with Crippen LogP contribution in [0, 0.1) is 0 Å². The summed E-state index contributed by atoms with van der Waals surface area (Å²) in [5.41, 5.74) is 3.71. The fourth-order valence-electron chi connectivity index (χ4n) is 2.82. The molecule has 0 aromatic heterocycles. The first-order valence-corrected chi connectivity index (χ1v) is 11.3. The Labute approximate surface area is 183 Å². The second-order valence-corrected chi connectivity index (χ2v) is 8.75. The molecule has 0 spiro atoms. The predicted molar refractivity (Wildman–Crippen MR) is 126 cm³/mol. The van der Waals surface area contributed by atoms with Crippen molar-refractivity contribution in [2.75, 3.05) is 23.7 Å². The smallest absolute Gasteiger partial charge is 0.255 e. The van der Waals surface area contributed by atoms with E-state index in [-0.39, 0.29) is 5.91 Å². The Kier molecular flexibility index (Phi) is 7.10. The van der Waals surface area contributed by atoms with Gasteiger partial charge >= 0.3 is 0 Å². The Hall–Kier alpha value is -3.58. The van der Waals surface area contributed by atoms with E-state index in [2.05, 4.69) is 10.0 Å². The summed E-state index contributed by atoms with van der Waals surface area (Å²) in [5, 5.41) is 3.98. The fraction of sp³-hybridized carbons (Fsp3) is 0.125. The molecule has 1 amide bonds. The van der Waals surface area contributed by atoms with E-state index >= 15 is 0 Å². The first kappa shape index (κ1) is 22.1. The van der Waals surface area contributed by atoms with Crippen LogP contribution < -0.4 is 14.9 Å². The normalized spacial score (nSPS) is 11.3. The van der Waals surface area contributed by atoms with E-state index in [0.29, 0.717) is 17.8 Å². The van der Waals surface area contributed by atoms with E-state index in [0.717, 1.165) is 22.2 Å². The van der Waals surface area contributed by atoms with Crippen molar-refractivity contribution < 1.29 is 13.2 Å². The lowest BCUT2D eigenvalue weighted by molar-refractivity contribution is 0.0951. The van der Waals surface area contributed by atoms with Crippen molar-refractivity contribution in [2.24, 2.45) is 0 Å². The van der Waals surface area contributed by atoms with Crippen LogP contribution in [0.15, 0.2) is 84.3 Å². The van der Waals surface area contributed by atoms with Crippen LogP contribution >= 0.6 is 0 Å². The first-order valence-electron chi connectivity index (χ1n) is 9.73. The lowest BCUT2D eigenvalue weighted by Crippen LogP contribution is -2.22. The Bertz CT molecular complexity index is 1140. The Morgan fingerprint density at radius 1 is 0.903 bits per heavy atom. The van der Waals surface area contributed by atoms with E-state index in [1.807, 2.05) is 73.6 Å². The van der Waals surface area contributed by atoms with Gasteiger partial charge in [0.25, 0.3) is 15.9 Å². The molecule has 0 saturated heterocycles. The van der Waals surface area contributed by atoms with Crippen molar-refractivity contribution in [3.05, 3.63) is 101 Å². The SMILES string of the molecule is CN(C)c1ccc(CNC(=O)c2ccc(NS(=O)(=O)/C=C/c3ccccc3)cc2)cc1. The van der Waals surface area contributed by atoms with Crippen LogP contribution in [0.25, 0.3) is 6.08 Å². The molecule has 0 fully saturated rings. The number of carbonyl (C=O) groups excluding carboxylic acids is 1. The fourth-order valence-corrected chi connectivity index (χ4v) is 3.69. The van der Waals surface area contributed by atoms with Gasteiger partial charge in [-0.25, -0.2) is 8.42 Å². The number of sulfonamides is 1. The molecule has 0 saturated carbocycles. The highest BCUT2D eigenvalue weighted by atomic mass is 32.2. The highest BCUT2D eigenvalue weighted by Gasteiger charge is 2.09. The third-order valence-electron chi connectivity index (χ3n) is 4.55. The minimum absolute atomic E-state index is 0.227. The Morgan fingerprint density at radius 3 is 2.16 bits per heavy atom. The van der Waals surface area contributed by atoms with E-state index < -0.39 is 10.0 Å². The zero-order valence-electron chi connectivity index (χ0n) is 17.4. The molecule has 31 heavy (non-hydrogen) atoms. The third kappa shape index (κ3) is 6.72. The summed E-state index contributed by atoms with van der Waals surface area (Å²) in [4.78, 5) is 14.4. The van der Waals surface area contributed by atoms with Gasteiger partial charge in [-0.1, -0.05) is 42.5 Å². The van der Waals surface area contributed by atoms with Gasteiger partial charge in [0.2, 0.25) is 0 Å². The number of anilines is 2. The van der Waals surface area contributed by atoms with Gasteiger partial charge in [0, 0.05) is 37.6 Å². The zero-order valence-corrected chi connectivity index (χ0v) is 18.3. The average molecular weight is 436 g/mol. The van der Waals surface area contributed by atoms with Crippen LogP contribution in [-0.2, 0) is 16.6 Å². The molecule has 0 bridgehead atoms. The van der Waals surface area contributed by atoms with Gasteiger partial charge < -0.3 is 10.2 Å². The molecule has 0 heterocycles. The van der Waals surface area contributed by atoms with Crippen molar-refractivity contribution in [3.8, 4) is 0 Å². The second kappa shape index (κ2) is 9.95. The van der Waals surface area contributed by atoms with Gasteiger partial charge in [-0.3, -0.25) is 9.52 Å². The molecule has 0 aliphatic carbocycles. The molecule has 7 heteroatoms. The number of hydrogen-bond acceptors (Lipinski definition) is 4. The van der Waals surface area contributed by atoms with E-state index in [9.17, 15) is 13.2 Å². The van der Waals surface area contributed by atoms with Crippen molar-refractivity contribution in [2.45, 2.75) is 6.54 Å². The lowest BCUT2D eigenvalue weighted by atomic mass is 10.1. The highest BCUT2D eigenvalue weighted by Crippen LogP contribution is 2.14. The molecule has 6 nitrogen and oxygen atoms in total. The van der Waals surface area contributed by atoms with Crippen LogP contribution in [0.4, 0.5) is 11.4 Å². The number of nitrogens with one attached hydrogen (secondary N) is 2. The van der Waals surface area contributed by atoms with Crippen LogP contribution in [0.2, 0.25) is 0 Å². The molecule has 3 aromatic carbocycles. The topological polar surface area (TPSA) is 78.5 Å². The van der Waals surface area contributed by atoms with E-state index in [4.69, 9.17) is 0 Å². The number of rotatable bonds is 8. The molecule has 0 unspecified atom stereocenters. The van der Waals surface area contributed by atoms with E-state index in [1.165, 1.54) is 6.08 Å². The summed E-state index contributed by atoms with van der Waals surface area (Å²) in [5.74, 6) is -0.227. The third-order valence-corrected chi connectivity index (χ3v) is 5.57. The summed E-state index contributed by atoms with van der Waals surface area (Å²) in [6.45, 7) is 0.408. The predicted octanol–water partition coefficient (Wildman–Crippen LogP) is 4.10. The molecule has 0 atom stereocenters. The molecule has 0 aliphatic rings. The number of nitrogens with zero attached hydrogens (tertiary/aromatic N) is 1. The van der Waals surface area contributed by atoms with Gasteiger partial charge in [0.05, 0.1) is 5.41 Å². The Balaban J connectivity index is 1.56. The maximum atomic E-state index is 12.4. The molecular weight excluding hydrogens is 410 g/mol. The van der Waals surface area contributed by atoms with Crippen molar-refractivity contribution in [1.29, 1.82) is 0 Å². The molecule has 0 radical (unpaired) electrons. The van der Waals surface area contributed by atoms with Gasteiger partial charge in [0.1, 0.15) is 0 Å². The number of benzene rings is 3. The number of amides is 1. The molecular formula is C24H25N3O3S. The van der Waals surface area contributed by atoms with E-state index in [1.54, 1.807) is 24.3 Å². The highest BCUT2D eigenvalue weighted by molar-refractivity contribution is 7.95. The van der Waals surface area contributed by atoms with Crippen LogP contribution in [-0.4, -0.2) is 28.4 Å². The largest absolute Gasteiger partial charge is 0.378 e. The van der Waals surface area contributed by atoms with Crippen LogP contribution in [0.3, 0.4) is 0 Å². The van der Waals surface area contributed by atoms with Crippen molar-refractivity contribution in [1.82, 2.24) is 5.32 Å². The standard InChI is InChI=1S/C24H25N3O3S/c1-27(2)23-14-8-20(9-15-23)18-25-24(28)21-10-12-22(13-11-21)26-31(29,30)17-16-19-6-4-3-5-7-19/h3-17,26H,18H2,1-2H3,(H,25,28)/b17-16+. The number of hydrogen-bond donors (Lipinski definition) is 2. The molecule has 3 aromatic rings. The summed E-state index contributed by atoms with van der Waals surface area (Å²) >= 11 is 0. The van der Waals surface area contributed by atoms with Gasteiger partial charge in [-0.2, -0.15) is 0 Å². The first-order chi connectivity index (χ1) is 14.8. The summed E-state index contributed by atoms with van der Waals surface area (Å²) < 4.78 is 27.0. The second-order valence-electron chi connectivity index (χ2n) is 7.18. The molecule has 160 valence electrons. The van der Waals surface area contributed by atoms with Crippen LogP contribution in [0.1, 0.15) is 21.5 Å². The van der Waals surface area contributed by atoms with Gasteiger partial charge in [-0.05, 0) is 53.6 Å². The monoisotopic (exact) mass is 435 g/mol. The summed E-state index contributed by atoms with van der Waals surface area (Å²) in [7, 11) is 0.288. The minimum Gasteiger partial charge on any atom is -0.378 e. The molecule has 0 aliphatic heterocycles. The van der Waals surface area contributed by atoms with Gasteiger partial charge in [0.15, 0.2) is 0 Å².